The van der Waals surface area contributed by atoms with E-state index < -0.39 is 11.7 Å². The van der Waals surface area contributed by atoms with Crippen LogP contribution in [0.25, 0.3) is 5.69 Å². The summed E-state index contributed by atoms with van der Waals surface area (Å²) in [5.41, 5.74) is 1.15. The lowest BCUT2D eigenvalue weighted by Crippen LogP contribution is -2.30. The summed E-state index contributed by atoms with van der Waals surface area (Å²) >= 11 is 0. The minimum atomic E-state index is -4.46. The van der Waals surface area contributed by atoms with Gasteiger partial charge in [0.05, 0.1) is 28.7 Å². The molecule has 3 aromatic rings. The van der Waals surface area contributed by atoms with Crippen LogP contribution in [0.3, 0.4) is 0 Å². The Labute approximate surface area is 176 Å². The van der Waals surface area contributed by atoms with E-state index in [9.17, 15) is 18.0 Å². The second-order valence-corrected chi connectivity index (χ2v) is 7.11. The summed E-state index contributed by atoms with van der Waals surface area (Å²) in [6, 6.07) is 10.3. The fourth-order valence-corrected chi connectivity index (χ4v) is 3.45. The highest BCUT2D eigenvalue weighted by Crippen LogP contribution is 2.33. The van der Waals surface area contributed by atoms with Gasteiger partial charge in [0.2, 0.25) is 6.79 Å². The molecule has 0 bridgehead atoms. The molecule has 9 heteroatoms. The largest absolute Gasteiger partial charge is 0.454 e. The SMILES string of the molecule is CCN(Cc1ccc2c(c1)OCO2)C(=O)c1cnn(-c2cccc(C(F)(F)F)c2)c1C. The standard InChI is InChI=1S/C22H20F3N3O3/c1-3-27(12-15-7-8-19-20(9-15)31-13-30-19)21(29)18-11-26-28(14(18)2)17-6-4-5-16(10-17)22(23,24)25/h4-11H,3,12-13H2,1-2H3. The molecule has 0 fully saturated rings. The Bertz CT molecular complexity index is 1120. The van der Waals surface area contributed by atoms with Gasteiger partial charge in [-0.2, -0.15) is 18.3 Å². The van der Waals surface area contributed by atoms with Gasteiger partial charge in [-0.25, -0.2) is 4.68 Å². The van der Waals surface area contributed by atoms with Crippen LogP contribution < -0.4 is 9.47 Å². The number of hydrogen-bond donors (Lipinski definition) is 0. The molecule has 0 spiro atoms. The normalized spacial score (nSPS) is 12.8. The van der Waals surface area contributed by atoms with Crippen LogP contribution in [0.4, 0.5) is 13.2 Å². The van der Waals surface area contributed by atoms with Gasteiger partial charge in [0.1, 0.15) is 0 Å². The number of carbonyl (C=O) groups is 1. The monoisotopic (exact) mass is 431 g/mol. The van der Waals surface area contributed by atoms with Gasteiger partial charge >= 0.3 is 6.18 Å². The van der Waals surface area contributed by atoms with Crippen molar-refractivity contribution in [3.05, 3.63) is 71.0 Å². The zero-order chi connectivity index (χ0) is 22.2. The van der Waals surface area contributed by atoms with Crippen molar-refractivity contribution in [3.8, 4) is 17.2 Å². The Kier molecular flexibility index (Phi) is 5.34. The molecule has 1 aromatic heterocycles. The maximum Gasteiger partial charge on any atom is 0.416 e. The molecule has 1 aliphatic heterocycles. The lowest BCUT2D eigenvalue weighted by atomic mass is 10.1. The molecule has 1 amide bonds. The van der Waals surface area contributed by atoms with Gasteiger partial charge in [-0.1, -0.05) is 12.1 Å². The summed E-state index contributed by atoms with van der Waals surface area (Å²) in [4.78, 5) is 14.8. The van der Waals surface area contributed by atoms with E-state index >= 15 is 0 Å². The highest BCUT2D eigenvalue weighted by Gasteiger charge is 2.31. The number of amides is 1. The van der Waals surface area contributed by atoms with Crippen LogP contribution in [0, 0.1) is 6.92 Å². The quantitative estimate of drug-likeness (QED) is 0.593. The summed E-state index contributed by atoms with van der Waals surface area (Å²) in [5.74, 6) is 1.04. The predicted octanol–water partition coefficient (Wildman–Crippen LogP) is 4.59. The maximum atomic E-state index is 13.1. The van der Waals surface area contributed by atoms with Crippen LogP contribution in [0.5, 0.6) is 11.5 Å². The van der Waals surface area contributed by atoms with E-state index in [0.717, 1.165) is 17.7 Å². The zero-order valence-electron chi connectivity index (χ0n) is 16.9. The van der Waals surface area contributed by atoms with E-state index in [0.29, 0.717) is 35.8 Å². The van der Waals surface area contributed by atoms with Gasteiger partial charge in [0, 0.05) is 13.1 Å². The van der Waals surface area contributed by atoms with Crippen LogP contribution in [0.1, 0.15) is 34.1 Å². The fourth-order valence-electron chi connectivity index (χ4n) is 3.45. The third kappa shape index (κ3) is 4.08. The average molecular weight is 431 g/mol. The van der Waals surface area contributed by atoms with Crippen molar-refractivity contribution in [3.63, 3.8) is 0 Å². The fraction of sp³-hybridized carbons (Fsp3) is 0.273. The molecule has 4 rings (SSSR count). The van der Waals surface area contributed by atoms with Crippen molar-refractivity contribution >= 4 is 5.91 Å². The van der Waals surface area contributed by atoms with Gasteiger partial charge in [-0.05, 0) is 49.7 Å². The van der Waals surface area contributed by atoms with Gasteiger partial charge in [-0.15, -0.1) is 0 Å². The van der Waals surface area contributed by atoms with Crippen molar-refractivity contribution in [2.24, 2.45) is 0 Å². The lowest BCUT2D eigenvalue weighted by Gasteiger charge is -2.21. The summed E-state index contributed by atoms with van der Waals surface area (Å²) in [5, 5.41) is 4.17. The molecule has 2 heterocycles. The summed E-state index contributed by atoms with van der Waals surface area (Å²) < 4.78 is 51.2. The third-order valence-corrected chi connectivity index (χ3v) is 5.14. The first-order valence-corrected chi connectivity index (χ1v) is 9.68. The van der Waals surface area contributed by atoms with Crippen molar-refractivity contribution < 1.29 is 27.4 Å². The van der Waals surface area contributed by atoms with E-state index in [1.54, 1.807) is 17.9 Å². The van der Waals surface area contributed by atoms with Gasteiger partial charge in [0.15, 0.2) is 11.5 Å². The molecule has 31 heavy (non-hydrogen) atoms. The van der Waals surface area contributed by atoms with Crippen LogP contribution in [0.15, 0.2) is 48.7 Å². The topological polar surface area (TPSA) is 56.6 Å². The number of halogens is 3. The molecule has 0 atom stereocenters. The Morgan fingerprint density at radius 2 is 1.94 bits per heavy atom. The van der Waals surface area contributed by atoms with E-state index in [1.165, 1.54) is 23.0 Å². The van der Waals surface area contributed by atoms with Crippen LogP contribution >= 0.6 is 0 Å². The van der Waals surface area contributed by atoms with Crippen LogP contribution in [0.2, 0.25) is 0 Å². The van der Waals surface area contributed by atoms with Crippen molar-refractivity contribution in [1.82, 2.24) is 14.7 Å². The highest BCUT2D eigenvalue weighted by molar-refractivity contribution is 5.95. The maximum absolute atomic E-state index is 13.1. The second-order valence-electron chi connectivity index (χ2n) is 7.11. The molecule has 0 radical (unpaired) electrons. The first-order chi connectivity index (χ1) is 14.8. The van der Waals surface area contributed by atoms with Gasteiger partial charge in [-0.3, -0.25) is 4.79 Å². The number of hydrogen-bond acceptors (Lipinski definition) is 4. The molecule has 0 saturated carbocycles. The third-order valence-electron chi connectivity index (χ3n) is 5.14. The molecule has 0 saturated heterocycles. The molecular formula is C22H20F3N3O3. The molecule has 0 unspecified atom stereocenters. The van der Waals surface area contributed by atoms with E-state index in [2.05, 4.69) is 5.10 Å². The Balaban J connectivity index is 1.58. The van der Waals surface area contributed by atoms with Crippen LogP contribution in [-0.4, -0.2) is 33.9 Å². The van der Waals surface area contributed by atoms with Crippen molar-refractivity contribution in [2.75, 3.05) is 13.3 Å². The molecule has 0 aliphatic carbocycles. The van der Waals surface area contributed by atoms with Crippen molar-refractivity contribution in [1.29, 1.82) is 0 Å². The number of rotatable bonds is 5. The Morgan fingerprint density at radius 3 is 2.68 bits per heavy atom. The molecular weight excluding hydrogens is 411 g/mol. The number of alkyl halides is 3. The molecule has 1 aliphatic rings. The first kappa shape index (κ1) is 20.8. The lowest BCUT2D eigenvalue weighted by molar-refractivity contribution is -0.137. The molecule has 162 valence electrons. The smallest absolute Gasteiger partial charge is 0.416 e. The Morgan fingerprint density at radius 1 is 1.16 bits per heavy atom. The van der Waals surface area contributed by atoms with Gasteiger partial charge in [0.25, 0.3) is 5.91 Å². The number of nitrogens with zero attached hydrogens (tertiary/aromatic N) is 3. The van der Waals surface area contributed by atoms with E-state index in [4.69, 9.17) is 9.47 Å². The molecule has 6 nitrogen and oxygen atoms in total. The predicted molar refractivity (Wildman–Crippen MR) is 106 cm³/mol. The number of carbonyl (C=O) groups excluding carboxylic acids is 1. The van der Waals surface area contributed by atoms with E-state index in [1.807, 2.05) is 19.1 Å². The number of fused-ring (bicyclic) bond motifs is 1. The average Bonchev–Trinajstić information content (AvgIpc) is 3.37. The first-order valence-electron chi connectivity index (χ1n) is 9.68. The minimum absolute atomic E-state index is 0.170. The molecule has 2 aromatic carbocycles. The second kappa shape index (κ2) is 7.98. The van der Waals surface area contributed by atoms with Crippen molar-refractivity contribution in [2.45, 2.75) is 26.6 Å². The number of aromatic nitrogens is 2. The summed E-state index contributed by atoms with van der Waals surface area (Å²) in [6.07, 6.45) is -3.07. The van der Waals surface area contributed by atoms with Crippen LogP contribution in [-0.2, 0) is 12.7 Å². The molecule has 0 N–H and O–H groups in total. The van der Waals surface area contributed by atoms with Gasteiger partial charge < -0.3 is 14.4 Å². The van der Waals surface area contributed by atoms with E-state index in [-0.39, 0.29) is 18.4 Å². The number of ether oxygens (including phenoxy) is 2. The summed E-state index contributed by atoms with van der Waals surface area (Å²) in [6.45, 7) is 4.48. The summed E-state index contributed by atoms with van der Waals surface area (Å²) in [7, 11) is 0. The Hall–Kier alpha value is -3.49. The highest BCUT2D eigenvalue weighted by atomic mass is 19.4. The zero-order valence-corrected chi connectivity index (χ0v) is 16.9. The number of benzene rings is 2. The minimum Gasteiger partial charge on any atom is -0.454 e.